The van der Waals surface area contributed by atoms with Gasteiger partial charge in [-0.2, -0.15) is 5.26 Å². The molecule has 2 aliphatic heterocycles. The second kappa shape index (κ2) is 12.4. The van der Waals surface area contributed by atoms with E-state index >= 15 is 0 Å². The summed E-state index contributed by atoms with van der Waals surface area (Å²) >= 11 is 0. The number of hydrogen-bond donors (Lipinski definition) is 4. The number of rotatable bonds is 7. The molecule has 5 rings (SSSR count). The average Bonchev–Trinajstić information content (AvgIpc) is 3.37. The van der Waals surface area contributed by atoms with E-state index < -0.39 is 43.2 Å². The zero-order valence-corrected chi connectivity index (χ0v) is 22.9. The number of aromatic nitrogens is 1. The van der Waals surface area contributed by atoms with Crippen LogP contribution >= 0.6 is 0 Å². The van der Waals surface area contributed by atoms with Crippen LogP contribution in [0.5, 0.6) is 0 Å². The summed E-state index contributed by atoms with van der Waals surface area (Å²) in [5, 5.41) is 44.6. The summed E-state index contributed by atoms with van der Waals surface area (Å²) in [5.41, 5.74) is 3.49. The Morgan fingerprint density at radius 1 is 1.12 bits per heavy atom. The van der Waals surface area contributed by atoms with Gasteiger partial charge in [-0.25, -0.2) is 0 Å². The third-order valence-electron chi connectivity index (χ3n) is 7.72. The number of fused-ring (bicyclic) bond motifs is 1. The number of hydrogen-bond acceptors (Lipinski definition) is 9. The third kappa shape index (κ3) is 5.85. The topological polar surface area (TPSA) is 149 Å². The minimum Gasteiger partial charge on any atom is -0.394 e. The summed E-state index contributed by atoms with van der Waals surface area (Å²) in [6.07, 6.45) is -3.67. The Kier molecular flexibility index (Phi) is 8.70. The number of benzene rings is 2. The lowest BCUT2D eigenvalue weighted by molar-refractivity contribution is -0.262. The molecule has 2 saturated heterocycles. The highest BCUT2D eigenvalue weighted by Gasteiger charge is 2.45. The number of anilines is 1. The lowest BCUT2D eigenvalue weighted by atomic mass is 9.96. The van der Waals surface area contributed by atoms with Crippen molar-refractivity contribution >= 4 is 28.4 Å². The fourth-order valence-corrected chi connectivity index (χ4v) is 5.34. The van der Waals surface area contributed by atoms with Gasteiger partial charge in [0.15, 0.2) is 6.29 Å². The predicted octanol–water partition coefficient (Wildman–Crippen LogP) is 1.16. The lowest BCUT2D eigenvalue weighted by Crippen LogP contribution is -2.64. The van der Waals surface area contributed by atoms with Gasteiger partial charge in [-0.1, -0.05) is 18.2 Å². The van der Waals surface area contributed by atoms with Gasteiger partial charge < -0.3 is 44.3 Å². The summed E-state index contributed by atoms with van der Waals surface area (Å²) in [5.74, 6) is -0.763. The first-order valence-corrected chi connectivity index (χ1v) is 13.4. The maximum Gasteiger partial charge on any atom is 0.262 e. The van der Waals surface area contributed by atoms with E-state index in [9.17, 15) is 25.4 Å². The van der Waals surface area contributed by atoms with Crippen LogP contribution in [0.4, 0.5) is 5.69 Å². The van der Waals surface area contributed by atoms with Gasteiger partial charge in [-0.3, -0.25) is 4.79 Å². The van der Waals surface area contributed by atoms with E-state index in [4.69, 9.17) is 14.2 Å². The van der Waals surface area contributed by atoms with Gasteiger partial charge in [-0.05, 0) is 52.7 Å². The van der Waals surface area contributed by atoms with Crippen molar-refractivity contribution in [2.45, 2.75) is 30.6 Å². The highest BCUT2D eigenvalue weighted by Crippen LogP contribution is 2.29. The molecule has 1 aromatic heterocycles. The number of methoxy groups -OCH3 is 1. The molecule has 3 aromatic rings. The highest BCUT2D eigenvalue weighted by atomic mass is 16.7. The molecule has 11 nitrogen and oxygen atoms in total. The van der Waals surface area contributed by atoms with E-state index in [2.05, 4.69) is 40.5 Å². The standard InChI is InChI=1S/C30H34N4O7/c1-33-22(15-21(16-31)29(38)32-26-28(37)27(36)25(17-35)41-30(26)39-2)7-8-24(33)20-4-3-19-14-23(6-5-18(19)13-20)34-9-11-40-12-10-34/h3-8,13-15,25-28,30,35-37H,9-12,17H2,1-2H3,(H,32,38)/b21-15+/t25-,26-,27-,28-,30?/m1/s1. The van der Waals surface area contributed by atoms with Gasteiger partial charge in [-0.15, -0.1) is 0 Å². The molecule has 1 amide bonds. The molecule has 11 heteroatoms. The largest absolute Gasteiger partial charge is 0.394 e. The van der Waals surface area contributed by atoms with Gasteiger partial charge in [0.1, 0.15) is 36.0 Å². The molecule has 216 valence electrons. The van der Waals surface area contributed by atoms with E-state index in [1.807, 2.05) is 35.9 Å². The Balaban J connectivity index is 1.35. The van der Waals surface area contributed by atoms with Crippen LogP contribution in [-0.2, 0) is 26.1 Å². The van der Waals surface area contributed by atoms with Crippen LogP contribution in [0, 0.1) is 11.3 Å². The Labute approximate surface area is 237 Å². The SMILES string of the molecule is COC1O[C@H](CO)[C@@H](O)[C@H](O)[C@H]1NC(=O)/C(C#N)=C/c1ccc(-c2ccc3cc(N4CCOCC4)ccc3c2)n1C. The molecule has 0 saturated carbocycles. The summed E-state index contributed by atoms with van der Waals surface area (Å²) in [6, 6.07) is 17.2. The highest BCUT2D eigenvalue weighted by molar-refractivity contribution is 6.02. The van der Waals surface area contributed by atoms with Gasteiger partial charge >= 0.3 is 0 Å². The molecule has 2 aromatic carbocycles. The number of nitrogens with zero attached hydrogens (tertiary/aromatic N) is 3. The van der Waals surface area contributed by atoms with Gasteiger partial charge in [0.2, 0.25) is 0 Å². The van der Waals surface area contributed by atoms with Crippen molar-refractivity contribution < 1.29 is 34.3 Å². The number of nitrogens with one attached hydrogen (secondary N) is 1. The maximum atomic E-state index is 13.0. The molecule has 1 unspecified atom stereocenters. The van der Waals surface area contributed by atoms with Crippen LogP contribution in [0.3, 0.4) is 0 Å². The van der Waals surface area contributed by atoms with Crippen molar-refractivity contribution in [1.29, 1.82) is 5.26 Å². The number of morpholine rings is 1. The Morgan fingerprint density at radius 2 is 1.85 bits per heavy atom. The first kappa shape index (κ1) is 28.8. The molecular weight excluding hydrogens is 528 g/mol. The maximum absolute atomic E-state index is 13.0. The molecule has 2 aliphatic rings. The molecular formula is C30H34N4O7. The summed E-state index contributed by atoms with van der Waals surface area (Å²) in [6.45, 7) is 2.68. The quantitative estimate of drug-likeness (QED) is 0.246. The molecule has 41 heavy (non-hydrogen) atoms. The normalized spacial score (nSPS) is 25.2. The van der Waals surface area contributed by atoms with E-state index in [0.717, 1.165) is 48.3 Å². The van der Waals surface area contributed by atoms with Gasteiger partial charge in [0, 0.05) is 44.3 Å². The van der Waals surface area contributed by atoms with Crippen LogP contribution in [0.15, 0.2) is 54.1 Å². The van der Waals surface area contributed by atoms with Crippen LogP contribution in [-0.4, -0.2) is 96.5 Å². The minimum absolute atomic E-state index is 0.201. The summed E-state index contributed by atoms with van der Waals surface area (Å²) in [7, 11) is 3.16. The minimum atomic E-state index is -1.48. The molecule has 5 atom stereocenters. The zero-order chi connectivity index (χ0) is 29.1. The molecule has 0 bridgehead atoms. The fourth-order valence-electron chi connectivity index (χ4n) is 5.34. The molecule has 4 N–H and O–H groups in total. The van der Waals surface area contributed by atoms with E-state index in [1.54, 1.807) is 0 Å². The van der Waals surface area contributed by atoms with Crippen molar-refractivity contribution in [3.05, 3.63) is 59.8 Å². The zero-order valence-electron chi connectivity index (χ0n) is 22.9. The Bertz CT molecular complexity index is 1470. The number of aliphatic hydroxyl groups excluding tert-OH is 3. The molecule has 0 radical (unpaired) electrons. The van der Waals surface area contributed by atoms with Crippen molar-refractivity contribution in [3.63, 3.8) is 0 Å². The van der Waals surface area contributed by atoms with Crippen LogP contribution in [0.2, 0.25) is 0 Å². The van der Waals surface area contributed by atoms with Crippen molar-refractivity contribution in [2.75, 3.05) is 44.9 Å². The van der Waals surface area contributed by atoms with E-state index in [1.165, 1.54) is 18.9 Å². The smallest absolute Gasteiger partial charge is 0.262 e. The molecule has 3 heterocycles. The molecule has 0 aliphatic carbocycles. The van der Waals surface area contributed by atoms with Crippen molar-refractivity contribution in [2.24, 2.45) is 7.05 Å². The predicted molar refractivity (Wildman–Crippen MR) is 152 cm³/mol. The first-order chi connectivity index (χ1) is 19.8. The van der Waals surface area contributed by atoms with Gasteiger partial charge in [0.25, 0.3) is 5.91 Å². The van der Waals surface area contributed by atoms with E-state index in [0.29, 0.717) is 5.69 Å². The van der Waals surface area contributed by atoms with Gasteiger partial charge in [0.05, 0.1) is 19.8 Å². The number of carbonyl (C=O) groups is 1. The lowest BCUT2D eigenvalue weighted by Gasteiger charge is -2.41. The second-order valence-corrected chi connectivity index (χ2v) is 10.2. The fraction of sp³-hybridized carbons (Fsp3) is 0.400. The second-order valence-electron chi connectivity index (χ2n) is 10.2. The number of aliphatic hydroxyl groups is 3. The number of carbonyl (C=O) groups excluding carboxylic acids is 1. The number of ether oxygens (including phenoxy) is 3. The molecule has 2 fully saturated rings. The summed E-state index contributed by atoms with van der Waals surface area (Å²) < 4.78 is 18.0. The van der Waals surface area contributed by atoms with Crippen molar-refractivity contribution in [3.8, 4) is 17.3 Å². The van der Waals surface area contributed by atoms with E-state index in [-0.39, 0.29) is 5.57 Å². The summed E-state index contributed by atoms with van der Waals surface area (Å²) in [4.78, 5) is 15.3. The number of nitriles is 1. The van der Waals surface area contributed by atoms with Crippen LogP contribution in [0.25, 0.3) is 28.1 Å². The first-order valence-electron chi connectivity index (χ1n) is 13.4. The Morgan fingerprint density at radius 3 is 2.56 bits per heavy atom. The number of amides is 1. The Hall–Kier alpha value is -3.76. The monoisotopic (exact) mass is 562 g/mol. The average molecular weight is 563 g/mol. The van der Waals surface area contributed by atoms with Crippen LogP contribution < -0.4 is 10.2 Å². The van der Waals surface area contributed by atoms with Crippen LogP contribution in [0.1, 0.15) is 5.69 Å². The van der Waals surface area contributed by atoms with Crippen molar-refractivity contribution in [1.82, 2.24) is 9.88 Å². The third-order valence-corrected chi connectivity index (χ3v) is 7.72. The molecule has 0 spiro atoms.